The van der Waals surface area contributed by atoms with Crippen molar-refractivity contribution in [1.82, 2.24) is 34.4 Å². The number of alkyl halides is 5. The molecular formula is C27H31F5N8O3. The summed E-state index contributed by atoms with van der Waals surface area (Å²) in [6.45, 7) is 3.03. The van der Waals surface area contributed by atoms with Gasteiger partial charge in [0, 0.05) is 30.8 Å². The molecule has 2 aliphatic heterocycles. The van der Waals surface area contributed by atoms with Crippen LogP contribution >= 0.6 is 0 Å². The van der Waals surface area contributed by atoms with E-state index in [4.69, 9.17) is 15.2 Å². The second-order valence-electron chi connectivity index (χ2n) is 10.8. The Morgan fingerprint density at radius 3 is 2.70 bits per heavy atom. The number of aromatic nitrogens is 4. The van der Waals surface area contributed by atoms with E-state index >= 15 is 0 Å². The first-order chi connectivity index (χ1) is 20.3. The van der Waals surface area contributed by atoms with Crippen molar-refractivity contribution in [2.24, 2.45) is 0 Å². The lowest BCUT2D eigenvalue weighted by atomic mass is 9.98. The third-order valence-corrected chi connectivity index (χ3v) is 7.22. The Balaban J connectivity index is 1.46. The zero-order chi connectivity index (χ0) is 31.1. The van der Waals surface area contributed by atoms with E-state index in [1.807, 2.05) is 23.9 Å². The standard InChI is InChI=1S/C27H31F5N8O3/c1-15-7-21(33)35-23(22(15)27(30,31)32)18-9-19-16(8-20(18)42-6-4-5-37(2)3)10-38-14-39(11-17(38)12-43-19)26(41)40-13-34-25(36-40)24(28)29/h7-9,13,17,24H,4-6,10-12,14H2,1-3H3,(H2,33,35). The molecule has 2 aliphatic rings. The zero-order valence-corrected chi connectivity index (χ0v) is 23.7. The average Bonchev–Trinajstić information content (AvgIpc) is 3.53. The van der Waals surface area contributed by atoms with Gasteiger partial charge < -0.3 is 25.0 Å². The Morgan fingerprint density at radius 1 is 1.26 bits per heavy atom. The molecule has 1 saturated heterocycles. The van der Waals surface area contributed by atoms with Crippen molar-refractivity contribution in [3.63, 3.8) is 0 Å². The molecule has 232 valence electrons. The highest BCUT2D eigenvalue weighted by molar-refractivity contribution is 5.77. The number of nitrogens with two attached hydrogens (primary N) is 1. The van der Waals surface area contributed by atoms with E-state index in [-0.39, 0.29) is 67.4 Å². The molecule has 2 aromatic heterocycles. The highest BCUT2D eigenvalue weighted by Gasteiger charge is 2.40. The van der Waals surface area contributed by atoms with E-state index in [1.54, 1.807) is 6.07 Å². The van der Waals surface area contributed by atoms with Gasteiger partial charge in [-0.15, -0.1) is 5.10 Å². The molecule has 0 spiro atoms. The lowest BCUT2D eigenvalue weighted by Crippen LogP contribution is -2.34. The maximum absolute atomic E-state index is 14.2. The van der Waals surface area contributed by atoms with Crippen LogP contribution in [0.4, 0.5) is 32.6 Å². The van der Waals surface area contributed by atoms with E-state index in [0.717, 1.165) is 11.0 Å². The van der Waals surface area contributed by atoms with Crippen LogP contribution in [0, 0.1) is 6.92 Å². The molecule has 16 heteroatoms. The van der Waals surface area contributed by atoms with Crippen LogP contribution < -0.4 is 15.2 Å². The van der Waals surface area contributed by atoms with Gasteiger partial charge in [0.05, 0.1) is 30.6 Å². The smallest absolute Gasteiger partial charge is 0.418 e. The largest absolute Gasteiger partial charge is 0.493 e. The minimum absolute atomic E-state index is 0.0617. The van der Waals surface area contributed by atoms with Crippen LogP contribution in [0.15, 0.2) is 24.5 Å². The van der Waals surface area contributed by atoms with Gasteiger partial charge in [0.15, 0.2) is 0 Å². The molecule has 0 radical (unpaired) electrons. The summed E-state index contributed by atoms with van der Waals surface area (Å²) in [5.41, 5.74) is 5.30. The van der Waals surface area contributed by atoms with Gasteiger partial charge in [0.2, 0.25) is 5.82 Å². The number of amides is 1. The monoisotopic (exact) mass is 610 g/mol. The van der Waals surface area contributed by atoms with E-state index in [9.17, 15) is 26.7 Å². The average molecular weight is 611 g/mol. The molecule has 43 heavy (non-hydrogen) atoms. The zero-order valence-electron chi connectivity index (χ0n) is 23.7. The minimum Gasteiger partial charge on any atom is -0.493 e. The maximum atomic E-state index is 14.2. The van der Waals surface area contributed by atoms with Crippen molar-refractivity contribution >= 4 is 11.8 Å². The lowest BCUT2D eigenvalue weighted by Gasteiger charge is -2.21. The van der Waals surface area contributed by atoms with Crippen molar-refractivity contribution in [2.75, 3.05) is 52.8 Å². The molecule has 0 bridgehead atoms. The summed E-state index contributed by atoms with van der Waals surface area (Å²) >= 11 is 0. The summed E-state index contributed by atoms with van der Waals surface area (Å²) < 4.78 is 81.4. The van der Waals surface area contributed by atoms with Crippen LogP contribution in [0.2, 0.25) is 0 Å². The molecule has 1 unspecified atom stereocenters. The quantitative estimate of drug-likeness (QED) is 0.313. The Hall–Kier alpha value is -4.05. The van der Waals surface area contributed by atoms with Crippen LogP contribution in [-0.4, -0.2) is 93.6 Å². The van der Waals surface area contributed by atoms with E-state index < -0.39 is 30.0 Å². The third-order valence-electron chi connectivity index (χ3n) is 7.22. The van der Waals surface area contributed by atoms with Gasteiger partial charge in [-0.05, 0) is 51.2 Å². The van der Waals surface area contributed by atoms with Crippen molar-refractivity contribution in [2.45, 2.75) is 38.5 Å². The Kier molecular flexibility index (Phi) is 8.42. The van der Waals surface area contributed by atoms with Crippen LogP contribution in [0.5, 0.6) is 11.5 Å². The number of aryl methyl sites for hydroxylation is 1. The fraction of sp³-hybridized carbons (Fsp3) is 0.481. The fourth-order valence-corrected chi connectivity index (χ4v) is 5.23. The van der Waals surface area contributed by atoms with Crippen LogP contribution in [0.1, 0.15) is 35.4 Å². The molecule has 2 N–H and O–H groups in total. The predicted molar refractivity (Wildman–Crippen MR) is 145 cm³/mol. The number of fused-ring (bicyclic) bond motifs is 2. The first kappa shape index (κ1) is 30.4. The predicted octanol–water partition coefficient (Wildman–Crippen LogP) is 4.02. The first-order valence-electron chi connectivity index (χ1n) is 13.5. The number of nitrogens with zero attached hydrogens (tertiary/aromatic N) is 7. The van der Waals surface area contributed by atoms with Crippen LogP contribution in [0.3, 0.4) is 0 Å². The second kappa shape index (κ2) is 11.9. The maximum Gasteiger partial charge on any atom is 0.418 e. The molecule has 0 aliphatic carbocycles. The van der Waals surface area contributed by atoms with Gasteiger partial charge in [-0.2, -0.15) is 17.9 Å². The third kappa shape index (κ3) is 6.49. The van der Waals surface area contributed by atoms with E-state index in [1.165, 1.54) is 24.0 Å². The molecule has 0 saturated carbocycles. The fourth-order valence-electron chi connectivity index (χ4n) is 5.23. The molecule has 5 rings (SSSR count). The van der Waals surface area contributed by atoms with Crippen molar-refractivity contribution in [3.05, 3.63) is 47.0 Å². The Bertz CT molecular complexity index is 1500. The van der Waals surface area contributed by atoms with Gasteiger partial charge in [-0.3, -0.25) is 4.90 Å². The normalized spacial score (nSPS) is 17.2. The number of carbonyl (C=O) groups excluding carboxylic acids is 1. The highest BCUT2D eigenvalue weighted by Crippen LogP contribution is 2.44. The van der Waals surface area contributed by atoms with Gasteiger partial charge >= 0.3 is 12.2 Å². The number of rotatable bonds is 7. The number of hydrogen-bond donors (Lipinski definition) is 1. The van der Waals surface area contributed by atoms with Gasteiger partial charge in [-0.25, -0.2) is 23.5 Å². The SMILES string of the molecule is Cc1cc(N)nc(-c2cc3c(cc2OCCCN(C)C)CN2CN(C(=O)n4cnc(C(F)F)n4)CC2CO3)c1C(F)(F)F. The summed E-state index contributed by atoms with van der Waals surface area (Å²) in [5.74, 6) is -0.257. The number of halogens is 5. The van der Waals surface area contributed by atoms with Gasteiger partial charge in [-0.1, -0.05) is 0 Å². The number of nitrogen functional groups attached to an aromatic ring is 1. The van der Waals surface area contributed by atoms with Crippen LogP contribution in [0.25, 0.3) is 11.3 Å². The van der Waals surface area contributed by atoms with E-state index in [0.29, 0.717) is 24.3 Å². The first-order valence-corrected chi connectivity index (χ1v) is 13.5. The van der Waals surface area contributed by atoms with Crippen molar-refractivity contribution in [3.8, 4) is 22.8 Å². The summed E-state index contributed by atoms with van der Waals surface area (Å²) in [4.78, 5) is 25.8. The summed E-state index contributed by atoms with van der Waals surface area (Å²) in [6.07, 6.45) is -6.04. The number of ether oxygens (including phenoxy) is 2. The molecular weight excluding hydrogens is 579 g/mol. The Morgan fingerprint density at radius 2 is 2.02 bits per heavy atom. The number of carbonyl (C=O) groups is 1. The molecule has 4 heterocycles. The molecule has 3 aromatic rings. The molecule has 1 aromatic carbocycles. The Labute approximate surface area is 244 Å². The van der Waals surface area contributed by atoms with Crippen molar-refractivity contribution < 1.29 is 36.2 Å². The van der Waals surface area contributed by atoms with E-state index in [2.05, 4.69) is 15.1 Å². The van der Waals surface area contributed by atoms with Gasteiger partial charge in [0.25, 0.3) is 6.43 Å². The minimum atomic E-state index is -4.70. The van der Waals surface area contributed by atoms with Gasteiger partial charge in [0.1, 0.15) is 30.3 Å². The van der Waals surface area contributed by atoms with Crippen molar-refractivity contribution in [1.29, 1.82) is 0 Å². The number of pyridine rings is 1. The highest BCUT2D eigenvalue weighted by atomic mass is 19.4. The topological polar surface area (TPSA) is 115 Å². The summed E-state index contributed by atoms with van der Waals surface area (Å²) in [7, 11) is 3.81. The molecule has 1 amide bonds. The molecule has 1 fully saturated rings. The molecule has 1 atom stereocenters. The lowest BCUT2D eigenvalue weighted by molar-refractivity contribution is -0.137. The van der Waals surface area contributed by atoms with Crippen LogP contribution in [-0.2, 0) is 12.7 Å². The number of anilines is 1. The molecule has 11 nitrogen and oxygen atoms in total. The second-order valence-corrected chi connectivity index (χ2v) is 10.8. The summed E-state index contributed by atoms with van der Waals surface area (Å²) in [6, 6.07) is 3.43. The number of hydrogen-bond acceptors (Lipinski definition) is 9. The number of benzene rings is 1. The summed E-state index contributed by atoms with van der Waals surface area (Å²) in [5, 5.41) is 3.56.